The fourth-order valence-corrected chi connectivity index (χ4v) is 8.38. The van der Waals surface area contributed by atoms with Crippen LogP contribution < -0.4 is 11.1 Å². The number of nitrogens with zero attached hydrogens (tertiary/aromatic N) is 5. The van der Waals surface area contributed by atoms with Crippen LogP contribution in [0.15, 0.2) is 98.3 Å². The molecule has 0 saturated carbocycles. The first-order valence-corrected chi connectivity index (χ1v) is 17.4. The number of carbonyl (C=O) groups is 3. The van der Waals surface area contributed by atoms with Crippen LogP contribution in [0.1, 0.15) is 34.0 Å². The third-order valence-electron chi connectivity index (χ3n) is 7.04. The number of nitrogens with two attached hydrogens (primary N) is 1. The minimum atomic E-state index is -1.47. The predicted molar refractivity (Wildman–Crippen MR) is 178 cm³/mol. The molecule has 2 aliphatic rings. The second kappa shape index (κ2) is 13.9. The number of thioether (sulfide) groups is 2. The zero-order chi connectivity index (χ0) is 32.2. The number of fused-ring (bicyclic) bond motifs is 1. The third kappa shape index (κ3) is 6.60. The number of nitrogens with one attached hydrogen (secondary N) is 1. The van der Waals surface area contributed by atoms with Gasteiger partial charge in [0.1, 0.15) is 22.1 Å². The van der Waals surface area contributed by atoms with Gasteiger partial charge in [0, 0.05) is 11.1 Å². The smallest absolute Gasteiger partial charge is 0.356 e. The summed E-state index contributed by atoms with van der Waals surface area (Å²) in [6.45, 7) is 1.86. The molecule has 0 bridgehead atoms. The lowest BCUT2D eigenvalue weighted by Crippen LogP contribution is -2.70. The van der Waals surface area contributed by atoms with Crippen LogP contribution in [-0.4, -0.2) is 55.0 Å². The molecular formula is C30H25N7O5S4. The van der Waals surface area contributed by atoms with Crippen molar-refractivity contribution < 1.29 is 19.1 Å². The van der Waals surface area contributed by atoms with Crippen molar-refractivity contribution in [2.24, 2.45) is 5.18 Å². The number of ether oxygens (including phenoxy) is 1. The summed E-state index contributed by atoms with van der Waals surface area (Å²) < 4.78 is 6.90. The second-order valence-electron chi connectivity index (χ2n) is 10.0. The first kappa shape index (κ1) is 31.6. The number of hydrogen-bond acceptors (Lipinski definition) is 14. The number of rotatable bonds is 11. The van der Waals surface area contributed by atoms with Crippen molar-refractivity contribution in [3.05, 3.63) is 116 Å². The Labute approximate surface area is 279 Å². The van der Waals surface area contributed by atoms with Gasteiger partial charge in [-0.05, 0) is 40.3 Å². The summed E-state index contributed by atoms with van der Waals surface area (Å²) in [6, 6.07) is 16.2. The van der Waals surface area contributed by atoms with Gasteiger partial charge in [0.05, 0.1) is 5.69 Å². The van der Waals surface area contributed by atoms with Gasteiger partial charge in [-0.3, -0.25) is 14.5 Å². The summed E-state index contributed by atoms with van der Waals surface area (Å²) in [5.74, 6) is -1.65. The number of carbonyl (C=O) groups excluding carboxylic acids is 3. The van der Waals surface area contributed by atoms with Gasteiger partial charge in [-0.2, -0.15) is 0 Å². The van der Waals surface area contributed by atoms with E-state index in [1.807, 2.05) is 67.6 Å². The third-order valence-corrected chi connectivity index (χ3v) is 10.8. The largest absolute Gasteiger partial charge is 0.448 e. The van der Waals surface area contributed by atoms with Crippen molar-refractivity contribution in [3.8, 4) is 0 Å². The van der Waals surface area contributed by atoms with Crippen LogP contribution in [0.2, 0.25) is 0 Å². The van der Waals surface area contributed by atoms with Crippen molar-refractivity contribution in [2.75, 3.05) is 11.5 Å². The van der Waals surface area contributed by atoms with Gasteiger partial charge in [-0.15, -0.1) is 38.2 Å². The molecule has 46 heavy (non-hydrogen) atoms. The molecule has 4 aromatic rings. The molecule has 1 fully saturated rings. The zero-order valence-corrected chi connectivity index (χ0v) is 27.3. The van der Waals surface area contributed by atoms with Gasteiger partial charge in [0.15, 0.2) is 15.6 Å². The Bertz CT molecular complexity index is 1790. The Balaban J connectivity index is 1.28. The fourth-order valence-electron chi connectivity index (χ4n) is 4.90. The number of aromatic nitrogens is 3. The van der Waals surface area contributed by atoms with E-state index >= 15 is 0 Å². The van der Waals surface area contributed by atoms with Crippen molar-refractivity contribution in [1.29, 1.82) is 0 Å². The topological polar surface area (TPSA) is 170 Å². The van der Waals surface area contributed by atoms with Crippen molar-refractivity contribution >= 4 is 69.1 Å². The summed E-state index contributed by atoms with van der Waals surface area (Å²) in [5.41, 5.74) is 7.94. The highest BCUT2D eigenvalue weighted by atomic mass is 32.2. The summed E-state index contributed by atoms with van der Waals surface area (Å²) >= 11 is 5.23. The minimum Gasteiger partial charge on any atom is -0.448 e. The highest BCUT2D eigenvalue weighted by Crippen LogP contribution is 2.42. The molecule has 3 N–H and O–H groups in total. The first-order chi connectivity index (χ1) is 22.3. The molecule has 3 unspecified atom stereocenters. The molecule has 2 aliphatic heterocycles. The molecule has 12 nitrogen and oxygen atoms in total. The van der Waals surface area contributed by atoms with Crippen LogP contribution in [-0.2, 0) is 19.1 Å². The SMILES string of the molecule is Cc1nnc(SC=CC2=C(C(=O)OC(c3ccccc3)c3ccccc3)N3C(=O)C(NC(=O)C(N=O)c4csc(N)n4)C3SC2)s1. The number of aryl methyl sites for hydroxylation is 1. The molecule has 0 radical (unpaired) electrons. The number of nitrogen functional groups attached to an aromatic ring is 1. The van der Waals surface area contributed by atoms with E-state index in [0.29, 0.717) is 11.3 Å². The van der Waals surface area contributed by atoms with Gasteiger partial charge in [0.2, 0.25) is 6.04 Å². The number of β-lactam (4-membered cyclic amide) rings is 1. The van der Waals surface area contributed by atoms with Crippen molar-refractivity contribution in [2.45, 2.75) is 34.8 Å². The van der Waals surface area contributed by atoms with Gasteiger partial charge in [-0.25, -0.2) is 9.78 Å². The Morgan fingerprint density at radius 2 is 1.83 bits per heavy atom. The number of allylic oxidation sites excluding steroid dienone is 1. The van der Waals surface area contributed by atoms with Gasteiger partial charge < -0.3 is 15.8 Å². The quantitative estimate of drug-likeness (QED) is 0.0941. The van der Waals surface area contributed by atoms with Gasteiger partial charge in [0.25, 0.3) is 11.8 Å². The van der Waals surface area contributed by atoms with E-state index < -0.39 is 41.3 Å². The Hall–Kier alpha value is -4.38. The lowest BCUT2D eigenvalue weighted by atomic mass is 10.0. The lowest BCUT2D eigenvalue weighted by molar-refractivity contribution is -0.154. The molecular weight excluding hydrogens is 667 g/mol. The van der Waals surface area contributed by atoms with E-state index in [1.165, 1.54) is 45.1 Å². The second-order valence-corrected chi connectivity index (χ2v) is 14.3. The maximum atomic E-state index is 14.1. The summed E-state index contributed by atoms with van der Waals surface area (Å²) in [4.78, 5) is 57.7. The van der Waals surface area contributed by atoms with Gasteiger partial charge >= 0.3 is 5.97 Å². The molecule has 2 aromatic heterocycles. The normalized spacial score (nSPS) is 18.3. The van der Waals surface area contributed by atoms with Crippen molar-refractivity contribution in [1.82, 2.24) is 25.4 Å². The first-order valence-electron chi connectivity index (χ1n) is 13.8. The average molecular weight is 692 g/mol. The van der Waals surface area contributed by atoms with E-state index in [1.54, 1.807) is 11.5 Å². The fraction of sp³-hybridized carbons (Fsp3) is 0.200. The Morgan fingerprint density at radius 1 is 1.13 bits per heavy atom. The zero-order valence-electron chi connectivity index (χ0n) is 24.0. The number of thiazole rings is 1. The predicted octanol–water partition coefficient (Wildman–Crippen LogP) is 4.99. The standard InChI is InChI=1S/C30H25N7O5S4/c1-16-34-35-30(46-16)43-13-12-19-14-44-27-22(33-25(38)21(36-41)20-15-45-29(31)32-20)26(39)37(27)23(19)28(40)42-24(17-8-4-2-5-9-17)18-10-6-3-7-11-18/h2-13,15,21-22,24,27H,14H2,1H3,(H2,31,32)(H,33,38). The van der Waals surface area contributed by atoms with Gasteiger partial charge in [-0.1, -0.05) is 83.8 Å². The Morgan fingerprint density at radius 3 is 2.41 bits per heavy atom. The minimum absolute atomic E-state index is 0.0822. The molecule has 234 valence electrons. The van der Waals surface area contributed by atoms with Crippen LogP contribution >= 0.6 is 46.2 Å². The maximum absolute atomic E-state index is 14.1. The number of hydrogen-bond donors (Lipinski definition) is 2. The molecule has 2 amide bonds. The highest BCUT2D eigenvalue weighted by molar-refractivity contribution is 8.03. The number of anilines is 1. The van der Waals surface area contributed by atoms with Crippen molar-refractivity contribution in [3.63, 3.8) is 0 Å². The van der Waals surface area contributed by atoms with Crippen LogP contribution in [0, 0.1) is 11.8 Å². The molecule has 1 saturated heterocycles. The summed E-state index contributed by atoms with van der Waals surface area (Å²) in [5, 5.41) is 17.3. The molecule has 4 heterocycles. The lowest BCUT2D eigenvalue weighted by Gasteiger charge is -2.49. The number of benzene rings is 2. The molecule has 2 aromatic carbocycles. The van der Waals surface area contributed by atoms with E-state index in [2.05, 4.69) is 25.7 Å². The maximum Gasteiger partial charge on any atom is 0.356 e. The van der Waals surface area contributed by atoms with Crippen LogP contribution in [0.3, 0.4) is 0 Å². The number of esters is 1. The van der Waals surface area contributed by atoms with E-state index in [-0.39, 0.29) is 16.5 Å². The highest BCUT2D eigenvalue weighted by Gasteiger charge is 2.55. The molecule has 6 rings (SSSR count). The monoisotopic (exact) mass is 691 g/mol. The van der Waals surface area contributed by atoms with E-state index in [4.69, 9.17) is 10.5 Å². The molecule has 0 aliphatic carbocycles. The number of amides is 2. The summed E-state index contributed by atoms with van der Waals surface area (Å²) in [6.07, 6.45) is 1.02. The average Bonchev–Trinajstić information content (AvgIpc) is 3.70. The number of nitroso groups, excluding NO2 is 1. The summed E-state index contributed by atoms with van der Waals surface area (Å²) in [7, 11) is 0. The molecule has 3 atom stereocenters. The van der Waals surface area contributed by atoms with Crippen LogP contribution in [0.25, 0.3) is 0 Å². The van der Waals surface area contributed by atoms with E-state index in [0.717, 1.165) is 31.8 Å². The Kier molecular flexibility index (Phi) is 9.58. The van der Waals surface area contributed by atoms with Crippen LogP contribution in [0.5, 0.6) is 0 Å². The van der Waals surface area contributed by atoms with E-state index in [9.17, 15) is 19.3 Å². The molecule has 16 heteroatoms. The molecule has 0 spiro atoms. The van der Waals surface area contributed by atoms with Crippen LogP contribution in [0.4, 0.5) is 5.13 Å².